The molecule has 0 radical (unpaired) electrons. The van der Waals surface area contributed by atoms with E-state index < -0.39 is 0 Å². The van der Waals surface area contributed by atoms with Gasteiger partial charge in [-0.05, 0) is 24.5 Å². The van der Waals surface area contributed by atoms with Crippen molar-refractivity contribution in [3.8, 4) is 6.07 Å². The van der Waals surface area contributed by atoms with Gasteiger partial charge in [0.1, 0.15) is 23.4 Å². The van der Waals surface area contributed by atoms with Gasteiger partial charge in [-0.1, -0.05) is 11.6 Å². The molecule has 0 saturated carbocycles. The van der Waals surface area contributed by atoms with Crippen molar-refractivity contribution >= 4 is 23.3 Å². The third-order valence-corrected chi connectivity index (χ3v) is 5.39. The van der Waals surface area contributed by atoms with Crippen LogP contribution in [0.1, 0.15) is 36.4 Å². The summed E-state index contributed by atoms with van der Waals surface area (Å²) in [7, 11) is 0. The van der Waals surface area contributed by atoms with Gasteiger partial charge in [-0.2, -0.15) is 5.26 Å². The number of amides is 1. The number of rotatable bonds is 3. The highest BCUT2D eigenvalue weighted by Gasteiger charge is 2.37. The van der Waals surface area contributed by atoms with Gasteiger partial charge in [0.25, 0.3) is 0 Å². The van der Waals surface area contributed by atoms with Crippen LogP contribution in [0.3, 0.4) is 0 Å². The second kappa shape index (κ2) is 8.09. The van der Waals surface area contributed by atoms with E-state index in [1.807, 2.05) is 0 Å². The molecule has 9 heteroatoms. The van der Waals surface area contributed by atoms with Crippen molar-refractivity contribution in [3.05, 3.63) is 47.1 Å². The van der Waals surface area contributed by atoms with Crippen molar-refractivity contribution in [3.63, 3.8) is 0 Å². The zero-order valence-electron chi connectivity index (χ0n) is 15.2. The second-order valence-corrected chi connectivity index (χ2v) is 7.27. The van der Waals surface area contributed by atoms with Gasteiger partial charge in [0.15, 0.2) is 0 Å². The maximum absolute atomic E-state index is 13.1. The number of aromatic nitrogens is 3. The fraction of sp³-hybridized carbons (Fsp3) is 0.421. The predicted octanol–water partition coefficient (Wildman–Crippen LogP) is 2.52. The quantitative estimate of drug-likeness (QED) is 0.733. The molecule has 2 aromatic rings. The molecule has 1 atom stereocenters. The molecule has 144 valence electrons. The first kappa shape index (κ1) is 18.6. The molecule has 0 aromatic carbocycles. The monoisotopic (exact) mass is 398 g/mol. The Morgan fingerprint density at radius 2 is 2.04 bits per heavy atom. The number of hydrogen-bond donors (Lipinski definition) is 0. The molecule has 1 unspecified atom stereocenters. The molecule has 8 nitrogen and oxygen atoms in total. The van der Waals surface area contributed by atoms with E-state index in [-0.39, 0.29) is 17.9 Å². The van der Waals surface area contributed by atoms with Crippen molar-refractivity contribution in [1.82, 2.24) is 20.0 Å². The van der Waals surface area contributed by atoms with Gasteiger partial charge in [0.05, 0.1) is 18.2 Å². The Bertz CT molecular complexity index is 909. The van der Waals surface area contributed by atoms with Crippen LogP contribution < -0.4 is 4.90 Å². The molecule has 28 heavy (non-hydrogen) atoms. The lowest BCUT2D eigenvalue weighted by Gasteiger charge is -2.34. The number of piperidine rings is 1. The zero-order chi connectivity index (χ0) is 19.5. The van der Waals surface area contributed by atoms with E-state index in [2.05, 4.69) is 25.9 Å². The number of carbonyl (C=O) groups is 1. The molecule has 1 amide bonds. The summed E-state index contributed by atoms with van der Waals surface area (Å²) < 4.78 is 0. The molecule has 0 N–H and O–H groups in total. The molecular formula is C19H19ClN6O2. The summed E-state index contributed by atoms with van der Waals surface area (Å²) in [6.07, 6.45) is 6.77. The van der Waals surface area contributed by atoms with Crippen molar-refractivity contribution in [2.45, 2.75) is 25.3 Å². The Labute approximate surface area is 167 Å². The number of hydrogen-bond acceptors (Lipinski definition) is 7. The molecule has 2 saturated heterocycles. The highest BCUT2D eigenvalue weighted by atomic mass is 35.5. The average Bonchev–Trinajstić information content (AvgIpc) is 3.23. The van der Waals surface area contributed by atoms with Crippen LogP contribution in [-0.4, -0.2) is 45.6 Å². The van der Waals surface area contributed by atoms with Crippen LogP contribution in [0.15, 0.2) is 30.9 Å². The average molecular weight is 399 g/mol. The van der Waals surface area contributed by atoms with Gasteiger partial charge in [-0.15, -0.1) is 0 Å². The Kier molecular flexibility index (Phi) is 5.37. The second-order valence-electron chi connectivity index (χ2n) is 6.88. The van der Waals surface area contributed by atoms with E-state index in [0.29, 0.717) is 49.7 Å². The molecule has 4 rings (SSSR count). The van der Waals surface area contributed by atoms with Crippen molar-refractivity contribution < 1.29 is 9.63 Å². The first-order valence-corrected chi connectivity index (χ1v) is 9.57. The normalized spacial score (nSPS) is 20.2. The molecule has 2 fully saturated rings. The highest BCUT2D eigenvalue weighted by molar-refractivity contribution is 6.29. The zero-order valence-corrected chi connectivity index (χ0v) is 15.9. The number of carbonyl (C=O) groups excluding carboxylic acids is 1. The summed E-state index contributed by atoms with van der Waals surface area (Å²) in [5, 5.41) is 11.0. The van der Waals surface area contributed by atoms with Crippen molar-refractivity contribution in [2.24, 2.45) is 5.92 Å². The third-order valence-electron chi connectivity index (χ3n) is 5.18. The summed E-state index contributed by atoms with van der Waals surface area (Å²) in [6, 6.07) is 5.40. The van der Waals surface area contributed by atoms with Crippen LogP contribution in [0.2, 0.25) is 5.15 Å². The van der Waals surface area contributed by atoms with E-state index in [4.69, 9.17) is 21.7 Å². The maximum Gasteiger partial charge on any atom is 0.249 e. The molecular weight excluding hydrogens is 380 g/mol. The Hall–Kier alpha value is -2.76. The van der Waals surface area contributed by atoms with Crippen molar-refractivity contribution in [2.75, 3.05) is 24.6 Å². The topological polar surface area (TPSA) is 95.2 Å². The van der Waals surface area contributed by atoms with Gasteiger partial charge >= 0.3 is 0 Å². The SMILES string of the molecule is N#Cc1cncc(C2CCON2C(=O)C2CCN(c3cc(Cl)ncn3)CC2)c1. The summed E-state index contributed by atoms with van der Waals surface area (Å²) in [5.41, 5.74) is 1.31. The fourth-order valence-electron chi connectivity index (χ4n) is 3.72. The third kappa shape index (κ3) is 3.77. The molecule has 2 aliphatic heterocycles. The van der Waals surface area contributed by atoms with Gasteiger partial charge in [-0.3, -0.25) is 14.6 Å². The molecule has 0 aliphatic carbocycles. The first-order chi connectivity index (χ1) is 13.7. The van der Waals surface area contributed by atoms with Gasteiger partial charge < -0.3 is 4.90 Å². The lowest BCUT2D eigenvalue weighted by molar-refractivity contribution is -0.182. The number of anilines is 1. The standard InChI is InChI=1S/C19H19ClN6O2/c20-17-8-18(24-12-23-17)25-4-1-14(2-5-25)19(27)26-16(3-6-28-26)15-7-13(9-21)10-22-11-15/h7-8,10-12,14,16H,1-6H2. The Balaban J connectivity index is 1.42. The Morgan fingerprint density at radius 3 is 2.79 bits per heavy atom. The molecule has 4 heterocycles. The number of nitriles is 1. The van der Waals surface area contributed by atoms with Crippen LogP contribution in [0.25, 0.3) is 0 Å². The van der Waals surface area contributed by atoms with E-state index in [0.717, 1.165) is 11.4 Å². The minimum atomic E-state index is -0.202. The van der Waals surface area contributed by atoms with Crippen LogP contribution in [0.4, 0.5) is 5.82 Å². The van der Waals surface area contributed by atoms with Crippen molar-refractivity contribution in [1.29, 1.82) is 5.26 Å². The molecule has 0 bridgehead atoms. The summed E-state index contributed by atoms with van der Waals surface area (Å²) in [5.74, 6) is 0.659. The van der Waals surface area contributed by atoms with Crippen LogP contribution in [-0.2, 0) is 9.63 Å². The Morgan fingerprint density at radius 1 is 1.21 bits per heavy atom. The van der Waals surface area contributed by atoms with Crippen LogP contribution >= 0.6 is 11.6 Å². The van der Waals surface area contributed by atoms with Crippen LogP contribution in [0.5, 0.6) is 0 Å². The first-order valence-electron chi connectivity index (χ1n) is 9.19. The fourth-order valence-corrected chi connectivity index (χ4v) is 3.86. The number of halogens is 1. The van der Waals surface area contributed by atoms with Gasteiger partial charge in [-0.25, -0.2) is 15.0 Å². The lowest BCUT2D eigenvalue weighted by atomic mass is 9.94. The number of pyridine rings is 1. The lowest BCUT2D eigenvalue weighted by Crippen LogP contribution is -2.42. The highest BCUT2D eigenvalue weighted by Crippen LogP contribution is 2.34. The molecule has 2 aliphatic rings. The molecule has 2 aromatic heterocycles. The number of nitrogens with zero attached hydrogens (tertiary/aromatic N) is 6. The molecule has 0 spiro atoms. The van der Waals surface area contributed by atoms with E-state index in [1.165, 1.54) is 17.6 Å². The van der Waals surface area contributed by atoms with Crippen LogP contribution in [0, 0.1) is 17.2 Å². The van der Waals surface area contributed by atoms with E-state index >= 15 is 0 Å². The summed E-state index contributed by atoms with van der Waals surface area (Å²) in [4.78, 5) is 33.1. The summed E-state index contributed by atoms with van der Waals surface area (Å²) >= 11 is 5.94. The number of hydroxylamine groups is 2. The minimum absolute atomic E-state index is 0.00905. The smallest absolute Gasteiger partial charge is 0.249 e. The minimum Gasteiger partial charge on any atom is -0.356 e. The van der Waals surface area contributed by atoms with E-state index in [9.17, 15) is 4.79 Å². The summed E-state index contributed by atoms with van der Waals surface area (Å²) in [6.45, 7) is 1.91. The largest absolute Gasteiger partial charge is 0.356 e. The van der Waals surface area contributed by atoms with Gasteiger partial charge in [0, 0.05) is 43.9 Å². The van der Waals surface area contributed by atoms with Gasteiger partial charge in [0.2, 0.25) is 5.91 Å². The maximum atomic E-state index is 13.1. The van der Waals surface area contributed by atoms with E-state index in [1.54, 1.807) is 18.3 Å². The predicted molar refractivity (Wildman–Crippen MR) is 101 cm³/mol.